The van der Waals surface area contributed by atoms with E-state index in [1.54, 1.807) is 0 Å². The molecule has 2 aromatic rings. The minimum atomic E-state index is -3.27. The maximum atomic E-state index is 14.2. The standard InChI is InChI=1S/C25H26F2N2O5/c1-14(23(31)32)12-29(2)22(30)21-20(25(21,26)27)11-28-24(33)34-13-19-17-9-5-3-7-15(17)16-8-4-6-10-18(16)19/h3-10,14,19-21H,11-13H2,1-2H3,(H,28,33)(H,31,32)/t14?,20-,21-/m0/s1. The number of benzene rings is 2. The molecule has 0 aliphatic heterocycles. The van der Waals surface area contributed by atoms with Crippen LogP contribution in [0.15, 0.2) is 48.5 Å². The number of carboxylic acid groups (broad SMARTS) is 1. The number of carbonyl (C=O) groups excluding carboxylic acids is 2. The molecule has 3 atom stereocenters. The molecule has 2 aliphatic rings. The fourth-order valence-corrected chi connectivity index (χ4v) is 4.64. The Morgan fingerprint density at radius 3 is 2.21 bits per heavy atom. The number of amides is 2. The summed E-state index contributed by atoms with van der Waals surface area (Å²) in [5, 5.41) is 11.3. The maximum Gasteiger partial charge on any atom is 0.407 e. The largest absolute Gasteiger partial charge is 0.481 e. The number of nitrogens with zero attached hydrogens (tertiary/aromatic N) is 1. The van der Waals surface area contributed by atoms with Crippen LogP contribution in [-0.4, -0.2) is 60.6 Å². The van der Waals surface area contributed by atoms with Gasteiger partial charge in [-0.2, -0.15) is 0 Å². The summed E-state index contributed by atoms with van der Waals surface area (Å²) in [5.74, 6) is -9.20. The quantitative estimate of drug-likeness (QED) is 0.612. The topological polar surface area (TPSA) is 95.9 Å². The van der Waals surface area contributed by atoms with Crippen molar-refractivity contribution >= 4 is 18.0 Å². The summed E-state index contributed by atoms with van der Waals surface area (Å²) in [6, 6.07) is 15.7. The van der Waals surface area contributed by atoms with Gasteiger partial charge in [0, 0.05) is 26.1 Å². The van der Waals surface area contributed by atoms with Gasteiger partial charge in [-0.3, -0.25) is 9.59 Å². The number of fused-ring (bicyclic) bond motifs is 3. The van der Waals surface area contributed by atoms with Crippen molar-refractivity contribution in [1.82, 2.24) is 10.2 Å². The van der Waals surface area contributed by atoms with Gasteiger partial charge in [-0.05, 0) is 22.3 Å². The Bertz CT molecular complexity index is 1080. The summed E-state index contributed by atoms with van der Waals surface area (Å²) in [6.45, 7) is 0.863. The minimum absolute atomic E-state index is 0.0547. The fourth-order valence-electron chi connectivity index (χ4n) is 4.64. The van der Waals surface area contributed by atoms with Crippen LogP contribution in [0.4, 0.5) is 13.6 Å². The van der Waals surface area contributed by atoms with Crippen LogP contribution in [0.1, 0.15) is 24.0 Å². The predicted molar refractivity (Wildman–Crippen MR) is 119 cm³/mol. The molecular formula is C25H26F2N2O5. The zero-order valence-corrected chi connectivity index (χ0v) is 18.8. The van der Waals surface area contributed by atoms with Crippen LogP contribution in [0, 0.1) is 17.8 Å². The Morgan fingerprint density at radius 1 is 1.09 bits per heavy atom. The molecule has 0 spiro atoms. The number of carboxylic acids is 1. The van der Waals surface area contributed by atoms with Gasteiger partial charge < -0.3 is 20.1 Å². The summed E-state index contributed by atoms with van der Waals surface area (Å²) >= 11 is 0. The second kappa shape index (κ2) is 9.04. The SMILES string of the molecule is CC(CN(C)C(=O)[C@@H]1[C@H](CNC(=O)OCC2c3ccccc3-c3ccccc32)C1(F)F)C(=O)O. The molecule has 0 bridgehead atoms. The van der Waals surface area contributed by atoms with Crippen molar-refractivity contribution in [3.05, 3.63) is 59.7 Å². The van der Waals surface area contributed by atoms with Crippen molar-refractivity contribution < 1.29 is 33.0 Å². The molecule has 2 aromatic carbocycles. The highest BCUT2D eigenvalue weighted by Gasteiger charge is 2.72. The van der Waals surface area contributed by atoms with E-state index >= 15 is 0 Å². The number of hydrogen-bond donors (Lipinski definition) is 2. The number of alkyl halides is 2. The fraction of sp³-hybridized carbons (Fsp3) is 0.400. The Kier molecular flexibility index (Phi) is 6.29. The number of carbonyl (C=O) groups is 3. The van der Waals surface area contributed by atoms with E-state index in [4.69, 9.17) is 9.84 Å². The highest BCUT2D eigenvalue weighted by atomic mass is 19.3. The Morgan fingerprint density at radius 2 is 1.65 bits per heavy atom. The molecule has 0 radical (unpaired) electrons. The van der Waals surface area contributed by atoms with E-state index in [0.717, 1.165) is 27.2 Å². The van der Waals surface area contributed by atoms with Gasteiger partial charge in [-0.15, -0.1) is 0 Å². The first-order valence-corrected chi connectivity index (χ1v) is 11.1. The van der Waals surface area contributed by atoms with Crippen molar-refractivity contribution in [3.63, 3.8) is 0 Å². The van der Waals surface area contributed by atoms with Crippen LogP contribution in [0.2, 0.25) is 0 Å². The molecule has 1 unspecified atom stereocenters. The van der Waals surface area contributed by atoms with E-state index in [1.807, 2.05) is 48.5 Å². The van der Waals surface area contributed by atoms with Gasteiger partial charge in [0.25, 0.3) is 5.92 Å². The van der Waals surface area contributed by atoms with Gasteiger partial charge in [0.2, 0.25) is 5.91 Å². The second-order valence-electron chi connectivity index (χ2n) is 8.92. The third kappa shape index (κ3) is 4.34. The second-order valence-corrected chi connectivity index (χ2v) is 8.92. The van der Waals surface area contributed by atoms with Gasteiger partial charge >= 0.3 is 12.1 Å². The zero-order chi connectivity index (χ0) is 24.6. The van der Waals surface area contributed by atoms with E-state index in [1.165, 1.54) is 14.0 Å². The van der Waals surface area contributed by atoms with Gasteiger partial charge in [-0.25, -0.2) is 13.6 Å². The van der Waals surface area contributed by atoms with E-state index in [2.05, 4.69) is 5.32 Å². The van der Waals surface area contributed by atoms with Gasteiger partial charge in [0.15, 0.2) is 0 Å². The van der Waals surface area contributed by atoms with Crippen LogP contribution in [0.3, 0.4) is 0 Å². The van der Waals surface area contributed by atoms with Crippen LogP contribution < -0.4 is 5.32 Å². The zero-order valence-electron chi connectivity index (χ0n) is 18.8. The number of halogens is 2. The van der Waals surface area contributed by atoms with Crippen molar-refractivity contribution in [2.75, 3.05) is 26.7 Å². The van der Waals surface area contributed by atoms with Gasteiger partial charge in [0.1, 0.15) is 12.5 Å². The molecule has 180 valence electrons. The molecule has 0 heterocycles. The van der Waals surface area contributed by atoms with Crippen LogP contribution in [-0.2, 0) is 14.3 Å². The first kappa shape index (κ1) is 23.7. The maximum absolute atomic E-state index is 14.2. The van der Waals surface area contributed by atoms with Crippen molar-refractivity contribution in [2.24, 2.45) is 17.8 Å². The molecule has 2 N–H and O–H groups in total. The third-order valence-corrected chi connectivity index (χ3v) is 6.62. The predicted octanol–water partition coefficient (Wildman–Crippen LogP) is 3.59. The van der Waals surface area contributed by atoms with Crippen molar-refractivity contribution in [3.8, 4) is 11.1 Å². The van der Waals surface area contributed by atoms with E-state index in [9.17, 15) is 23.2 Å². The molecule has 0 aromatic heterocycles. The average Bonchev–Trinajstić information content (AvgIpc) is 3.21. The number of hydrogen-bond acceptors (Lipinski definition) is 4. The Balaban J connectivity index is 1.31. The molecule has 0 saturated heterocycles. The number of aliphatic carboxylic acids is 1. The Labute approximate surface area is 195 Å². The smallest absolute Gasteiger partial charge is 0.407 e. The minimum Gasteiger partial charge on any atom is -0.481 e. The molecule has 2 amide bonds. The molecule has 9 heteroatoms. The lowest BCUT2D eigenvalue weighted by Gasteiger charge is -2.19. The third-order valence-electron chi connectivity index (χ3n) is 6.62. The average molecular weight is 472 g/mol. The van der Waals surface area contributed by atoms with Crippen LogP contribution >= 0.6 is 0 Å². The number of rotatable bonds is 8. The Hall–Kier alpha value is -3.49. The lowest BCUT2D eigenvalue weighted by molar-refractivity contribution is -0.143. The van der Waals surface area contributed by atoms with E-state index in [-0.39, 0.29) is 19.1 Å². The van der Waals surface area contributed by atoms with Gasteiger partial charge in [-0.1, -0.05) is 55.5 Å². The highest BCUT2D eigenvalue weighted by Crippen LogP contribution is 2.55. The summed E-state index contributed by atoms with van der Waals surface area (Å²) in [6.07, 6.45) is -0.830. The molecule has 1 saturated carbocycles. The van der Waals surface area contributed by atoms with Crippen molar-refractivity contribution in [2.45, 2.75) is 18.8 Å². The molecule has 2 aliphatic carbocycles. The molecule has 7 nitrogen and oxygen atoms in total. The summed E-state index contributed by atoms with van der Waals surface area (Å²) < 4.78 is 33.8. The van der Waals surface area contributed by atoms with E-state index in [0.29, 0.717) is 0 Å². The monoisotopic (exact) mass is 472 g/mol. The van der Waals surface area contributed by atoms with Crippen LogP contribution in [0.25, 0.3) is 11.1 Å². The number of ether oxygens (including phenoxy) is 1. The molecule has 4 rings (SSSR count). The van der Waals surface area contributed by atoms with Gasteiger partial charge in [0.05, 0.1) is 11.8 Å². The molecular weight excluding hydrogens is 446 g/mol. The number of nitrogens with one attached hydrogen (secondary N) is 1. The summed E-state index contributed by atoms with van der Waals surface area (Å²) in [4.78, 5) is 36.6. The first-order valence-electron chi connectivity index (χ1n) is 11.1. The lowest BCUT2D eigenvalue weighted by atomic mass is 9.98. The lowest BCUT2D eigenvalue weighted by Crippen LogP contribution is -2.36. The normalized spacial score (nSPS) is 20.6. The first-order chi connectivity index (χ1) is 16.1. The molecule has 1 fully saturated rings. The number of alkyl carbamates (subject to hydrolysis) is 1. The van der Waals surface area contributed by atoms with E-state index < -0.39 is 48.2 Å². The molecule has 34 heavy (non-hydrogen) atoms. The summed E-state index contributed by atoms with van der Waals surface area (Å²) in [5.41, 5.74) is 4.23. The highest BCUT2D eigenvalue weighted by molar-refractivity contribution is 5.84. The summed E-state index contributed by atoms with van der Waals surface area (Å²) in [7, 11) is 1.30. The van der Waals surface area contributed by atoms with Crippen LogP contribution in [0.5, 0.6) is 0 Å². The van der Waals surface area contributed by atoms with Crippen molar-refractivity contribution in [1.29, 1.82) is 0 Å².